The van der Waals surface area contributed by atoms with Gasteiger partial charge in [-0.3, -0.25) is 4.79 Å². The molecule has 0 aliphatic heterocycles. The van der Waals surface area contributed by atoms with E-state index in [4.69, 9.17) is 0 Å². The molecule has 1 rings (SSSR count). The van der Waals surface area contributed by atoms with Crippen molar-refractivity contribution in [2.24, 2.45) is 0 Å². The number of benzene rings is 1. The second-order valence-electron chi connectivity index (χ2n) is 3.67. The first-order chi connectivity index (χ1) is 7.93. The number of nitrogens with zero attached hydrogens (tertiary/aromatic N) is 1. The first-order valence-corrected chi connectivity index (χ1v) is 6.98. The number of hydrogen-bond acceptors (Lipinski definition) is 3. The molecule has 0 N–H and O–H groups in total. The van der Waals surface area contributed by atoms with Gasteiger partial charge in [-0.05, 0) is 19.1 Å². The van der Waals surface area contributed by atoms with Crippen LogP contribution in [-0.4, -0.2) is 31.6 Å². The maximum atomic E-state index is 12.2. The monoisotopic (exact) mass is 255 g/mol. The standard InChI is InChI=1S/C12H17NO3S/c1-4-13(5-2)17(15,16)12-8-6-7-11(9-12)10(3)14/h6-9H,4-5H2,1-3H3. The summed E-state index contributed by atoms with van der Waals surface area (Å²) in [5, 5.41) is 0. The Hall–Kier alpha value is -1.20. The summed E-state index contributed by atoms with van der Waals surface area (Å²) in [5.74, 6) is -0.137. The number of Topliss-reactive ketones (excluding diaryl/α,β-unsaturated/α-hetero) is 1. The summed E-state index contributed by atoms with van der Waals surface area (Å²) < 4.78 is 25.7. The Morgan fingerprint density at radius 1 is 1.24 bits per heavy atom. The van der Waals surface area contributed by atoms with Crippen LogP contribution in [0.1, 0.15) is 31.1 Å². The van der Waals surface area contributed by atoms with Gasteiger partial charge < -0.3 is 0 Å². The fourth-order valence-corrected chi connectivity index (χ4v) is 3.09. The number of rotatable bonds is 5. The van der Waals surface area contributed by atoms with E-state index in [1.807, 2.05) is 0 Å². The van der Waals surface area contributed by atoms with E-state index < -0.39 is 10.0 Å². The van der Waals surface area contributed by atoms with Crippen LogP contribution in [0.5, 0.6) is 0 Å². The van der Waals surface area contributed by atoms with Crippen molar-refractivity contribution < 1.29 is 13.2 Å². The fourth-order valence-electron chi connectivity index (χ4n) is 1.59. The maximum Gasteiger partial charge on any atom is 0.243 e. The third-order valence-electron chi connectivity index (χ3n) is 2.58. The minimum Gasteiger partial charge on any atom is -0.295 e. The molecule has 0 atom stereocenters. The summed E-state index contributed by atoms with van der Waals surface area (Å²) in [5.41, 5.74) is 0.415. The molecule has 1 aromatic carbocycles. The Labute approximate surface area is 102 Å². The zero-order valence-corrected chi connectivity index (χ0v) is 11.1. The molecule has 0 aliphatic carbocycles. The van der Waals surface area contributed by atoms with Gasteiger partial charge in [0.05, 0.1) is 4.90 Å². The van der Waals surface area contributed by atoms with Crippen LogP contribution in [0, 0.1) is 0 Å². The summed E-state index contributed by atoms with van der Waals surface area (Å²) in [4.78, 5) is 11.4. The van der Waals surface area contributed by atoms with E-state index in [2.05, 4.69) is 0 Å². The minimum absolute atomic E-state index is 0.137. The van der Waals surface area contributed by atoms with Gasteiger partial charge in [-0.15, -0.1) is 0 Å². The second-order valence-corrected chi connectivity index (χ2v) is 5.61. The predicted molar refractivity (Wildman–Crippen MR) is 66.6 cm³/mol. The Morgan fingerprint density at radius 2 is 1.82 bits per heavy atom. The molecule has 0 fully saturated rings. The lowest BCUT2D eigenvalue weighted by Crippen LogP contribution is -2.30. The largest absolute Gasteiger partial charge is 0.295 e. The highest BCUT2D eigenvalue weighted by atomic mass is 32.2. The third-order valence-corrected chi connectivity index (χ3v) is 4.63. The second kappa shape index (κ2) is 5.42. The summed E-state index contributed by atoms with van der Waals surface area (Å²) >= 11 is 0. The summed E-state index contributed by atoms with van der Waals surface area (Å²) in [6.45, 7) is 5.83. The normalized spacial score (nSPS) is 11.8. The molecule has 0 aromatic heterocycles. The van der Waals surface area contributed by atoms with E-state index in [1.165, 1.54) is 23.4 Å². The molecule has 1 aromatic rings. The maximum absolute atomic E-state index is 12.2. The molecular formula is C12H17NO3S. The van der Waals surface area contributed by atoms with E-state index in [-0.39, 0.29) is 10.7 Å². The molecular weight excluding hydrogens is 238 g/mol. The van der Waals surface area contributed by atoms with Gasteiger partial charge in [-0.25, -0.2) is 8.42 Å². The van der Waals surface area contributed by atoms with Crippen LogP contribution in [0.2, 0.25) is 0 Å². The molecule has 0 saturated heterocycles. The molecule has 0 amide bonds. The zero-order chi connectivity index (χ0) is 13.1. The molecule has 0 heterocycles. The number of hydrogen-bond donors (Lipinski definition) is 0. The van der Waals surface area contributed by atoms with Gasteiger partial charge in [-0.2, -0.15) is 4.31 Å². The Bertz CT molecular complexity index is 504. The van der Waals surface area contributed by atoms with Gasteiger partial charge >= 0.3 is 0 Å². The number of ketones is 1. The summed E-state index contributed by atoms with van der Waals surface area (Å²) in [6.07, 6.45) is 0. The van der Waals surface area contributed by atoms with Crippen LogP contribution < -0.4 is 0 Å². The lowest BCUT2D eigenvalue weighted by atomic mass is 10.2. The smallest absolute Gasteiger partial charge is 0.243 e. The van der Waals surface area contributed by atoms with Crippen LogP contribution in [0.3, 0.4) is 0 Å². The summed E-state index contributed by atoms with van der Waals surface area (Å²) in [6, 6.07) is 6.15. The van der Waals surface area contributed by atoms with Crippen LogP contribution in [0.15, 0.2) is 29.2 Å². The highest BCUT2D eigenvalue weighted by Crippen LogP contribution is 2.17. The van der Waals surface area contributed by atoms with Crippen molar-refractivity contribution in [3.8, 4) is 0 Å². The molecule has 0 bridgehead atoms. The first kappa shape index (κ1) is 13.9. The van der Waals surface area contributed by atoms with Crippen molar-refractivity contribution in [2.75, 3.05) is 13.1 Å². The van der Waals surface area contributed by atoms with Gasteiger partial charge in [0.15, 0.2) is 5.78 Å². The van der Waals surface area contributed by atoms with E-state index in [0.717, 1.165) is 0 Å². The lowest BCUT2D eigenvalue weighted by molar-refractivity contribution is 0.101. The van der Waals surface area contributed by atoms with Crippen LogP contribution in [-0.2, 0) is 10.0 Å². The van der Waals surface area contributed by atoms with Crippen molar-refractivity contribution >= 4 is 15.8 Å². The predicted octanol–water partition coefficient (Wildman–Crippen LogP) is 1.92. The van der Waals surface area contributed by atoms with Crippen molar-refractivity contribution in [3.63, 3.8) is 0 Å². The Balaban J connectivity index is 3.24. The average molecular weight is 255 g/mol. The van der Waals surface area contributed by atoms with Gasteiger partial charge in [0.25, 0.3) is 0 Å². The van der Waals surface area contributed by atoms with Gasteiger partial charge in [0.2, 0.25) is 10.0 Å². The average Bonchev–Trinajstić information content (AvgIpc) is 2.30. The molecule has 5 heteroatoms. The topological polar surface area (TPSA) is 54.5 Å². The fraction of sp³-hybridized carbons (Fsp3) is 0.417. The van der Waals surface area contributed by atoms with E-state index in [1.54, 1.807) is 26.0 Å². The van der Waals surface area contributed by atoms with Crippen molar-refractivity contribution in [2.45, 2.75) is 25.7 Å². The molecule has 0 aliphatic rings. The van der Waals surface area contributed by atoms with Gasteiger partial charge in [0.1, 0.15) is 0 Å². The highest BCUT2D eigenvalue weighted by molar-refractivity contribution is 7.89. The lowest BCUT2D eigenvalue weighted by Gasteiger charge is -2.18. The number of carbonyl (C=O) groups is 1. The molecule has 0 radical (unpaired) electrons. The highest BCUT2D eigenvalue weighted by Gasteiger charge is 2.21. The first-order valence-electron chi connectivity index (χ1n) is 5.54. The molecule has 17 heavy (non-hydrogen) atoms. The summed E-state index contributed by atoms with van der Waals surface area (Å²) in [7, 11) is -3.48. The van der Waals surface area contributed by atoms with Crippen LogP contribution >= 0.6 is 0 Å². The van der Waals surface area contributed by atoms with Crippen LogP contribution in [0.25, 0.3) is 0 Å². The quantitative estimate of drug-likeness (QED) is 0.755. The molecule has 0 unspecified atom stereocenters. The SMILES string of the molecule is CCN(CC)S(=O)(=O)c1cccc(C(C)=O)c1. The van der Waals surface area contributed by atoms with Crippen molar-refractivity contribution in [1.82, 2.24) is 4.31 Å². The van der Waals surface area contributed by atoms with E-state index in [9.17, 15) is 13.2 Å². The van der Waals surface area contributed by atoms with E-state index in [0.29, 0.717) is 18.7 Å². The third kappa shape index (κ3) is 2.92. The molecule has 4 nitrogen and oxygen atoms in total. The number of sulfonamides is 1. The van der Waals surface area contributed by atoms with Crippen molar-refractivity contribution in [3.05, 3.63) is 29.8 Å². The molecule has 94 valence electrons. The Morgan fingerprint density at radius 3 is 2.29 bits per heavy atom. The van der Waals surface area contributed by atoms with Crippen LogP contribution in [0.4, 0.5) is 0 Å². The number of carbonyl (C=O) groups excluding carboxylic acids is 1. The zero-order valence-electron chi connectivity index (χ0n) is 10.3. The Kier molecular flexibility index (Phi) is 4.42. The minimum atomic E-state index is -3.48. The molecule has 0 saturated carbocycles. The van der Waals surface area contributed by atoms with Gasteiger partial charge in [0, 0.05) is 18.7 Å². The molecule has 0 spiro atoms. The van der Waals surface area contributed by atoms with Gasteiger partial charge in [-0.1, -0.05) is 26.0 Å². The van der Waals surface area contributed by atoms with Crippen molar-refractivity contribution in [1.29, 1.82) is 0 Å². The van der Waals surface area contributed by atoms with E-state index >= 15 is 0 Å².